The Morgan fingerprint density at radius 1 is 1.42 bits per heavy atom. The van der Waals surface area contributed by atoms with Crippen molar-refractivity contribution in [2.75, 3.05) is 0 Å². The molecule has 3 nitrogen and oxygen atoms in total. The van der Waals surface area contributed by atoms with Crippen LogP contribution in [0.5, 0.6) is 5.75 Å². The van der Waals surface area contributed by atoms with E-state index in [4.69, 9.17) is 16.3 Å². The number of aryl methyl sites for hydroxylation is 1. The van der Waals surface area contributed by atoms with Crippen LogP contribution in [-0.4, -0.2) is 17.2 Å². The average Bonchev–Trinajstić information content (AvgIpc) is 2.52. The van der Waals surface area contributed by atoms with Crippen molar-refractivity contribution < 1.29 is 14.6 Å². The summed E-state index contributed by atoms with van der Waals surface area (Å²) in [7, 11) is 0. The van der Waals surface area contributed by atoms with Crippen molar-refractivity contribution in [2.45, 2.75) is 59.0 Å². The highest BCUT2D eigenvalue weighted by Crippen LogP contribution is 2.62. The lowest BCUT2D eigenvalue weighted by atomic mass is 9.45. The number of carbonyl (C=O) groups is 1. The highest BCUT2D eigenvalue weighted by atomic mass is 35.5. The van der Waals surface area contributed by atoms with Crippen LogP contribution < -0.4 is 4.74 Å². The van der Waals surface area contributed by atoms with Gasteiger partial charge in [-0.25, -0.2) is 4.79 Å². The maximum Gasteiger partial charge on any atom is 0.344 e. The Morgan fingerprint density at radius 2 is 2.17 bits per heavy atom. The van der Waals surface area contributed by atoms with Gasteiger partial charge in [0.25, 0.3) is 0 Å². The van der Waals surface area contributed by atoms with E-state index in [1.807, 2.05) is 6.92 Å². The Labute approximate surface area is 149 Å². The monoisotopic (exact) mass is 350 g/mol. The van der Waals surface area contributed by atoms with Gasteiger partial charge in [-0.3, -0.25) is 0 Å². The minimum Gasteiger partial charge on any atom is -0.479 e. The Morgan fingerprint density at radius 3 is 2.75 bits per heavy atom. The maximum atomic E-state index is 11.6. The first-order chi connectivity index (χ1) is 11.3. The second-order valence-electron chi connectivity index (χ2n) is 8.13. The third-order valence-corrected chi connectivity index (χ3v) is 6.72. The molecule has 1 aromatic rings. The van der Waals surface area contributed by atoms with Gasteiger partial charge in [0.1, 0.15) is 5.75 Å². The van der Waals surface area contributed by atoms with Crippen LogP contribution in [0.4, 0.5) is 0 Å². The molecule has 0 spiro atoms. The Kier molecular flexibility index (Phi) is 4.83. The van der Waals surface area contributed by atoms with Crippen molar-refractivity contribution in [3.8, 4) is 5.75 Å². The molecule has 0 heterocycles. The zero-order chi connectivity index (χ0) is 17.5. The van der Waals surface area contributed by atoms with Gasteiger partial charge in [-0.05, 0) is 86.0 Å². The first-order valence-corrected chi connectivity index (χ1v) is 9.32. The van der Waals surface area contributed by atoms with E-state index < -0.39 is 12.1 Å². The highest BCUT2D eigenvalue weighted by molar-refractivity contribution is 6.30. The zero-order valence-electron chi connectivity index (χ0n) is 14.7. The predicted octanol–water partition coefficient (Wildman–Crippen LogP) is 5.33. The van der Waals surface area contributed by atoms with Crippen LogP contribution in [0, 0.1) is 30.1 Å². The number of halogens is 1. The van der Waals surface area contributed by atoms with Crippen molar-refractivity contribution in [2.24, 2.45) is 23.2 Å². The van der Waals surface area contributed by atoms with Gasteiger partial charge in [0.05, 0.1) is 0 Å². The molecule has 0 radical (unpaired) electrons. The summed E-state index contributed by atoms with van der Waals surface area (Å²) in [6.07, 6.45) is 4.58. The molecular weight excluding hydrogens is 324 g/mol. The van der Waals surface area contributed by atoms with Gasteiger partial charge in [0.15, 0.2) is 6.10 Å². The lowest BCUT2D eigenvalue weighted by Crippen LogP contribution is -2.52. The van der Waals surface area contributed by atoms with Crippen molar-refractivity contribution >= 4 is 17.6 Å². The molecule has 0 amide bonds. The van der Waals surface area contributed by atoms with Gasteiger partial charge < -0.3 is 9.84 Å². The van der Waals surface area contributed by atoms with Crippen LogP contribution in [0.1, 0.15) is 51.5 Å². The SMILES string of the molecule is Cc1cc(Cl)ccc1OC(CCC1CCC2CC1C2(C)C)C(=O)O. The molecule has 4 atom stereocenters. The lowest BCUT2D eigenvalue weighted by molar-refractivity contribution is -0.146. The van der Waals surface area contributed by atoms with Crippen LogP contribution >= 0.6 is 11.6 Å². The van der Waals surface area contributed by atoms with E-state index in [0.29, 0.717) is 28.5 Å². The number of fused-ring (bicyclic) bond motifs is 2. The second kappa shape index (κ2) is 6.59. The molecule has 4 rings (SSSR count). The number of carboxylic acids is 1. The first kappa shape index (κ1) is 17.6. The lowest BCUT2D eigenvalue weighted by Gasteiger charge is -2.60. The molecule has 3 saturated carbocycles. The van der Waals surface area contributed by atoms with Crippen LogP contribution in [0.25, 0.3) is 0 Å². The summed E-state index contributed by atoms with van der Waals surface area (Å²) < 4.78 is 5.79. The molecule has 4 unspecified atom stereocenters. The fraction of sp³-hybridized carbons (Fsp3) is 0.650. The largest absolute Gasteiger partial charge is 0.479 e. The summed E-state index contributed by atoms with van der Waals surface area (Å²) in [5, 5.41) is 10.2. The second-order valence-corrected chi connectivity index (χ2v) is 8.57. The number of hydrogen-bond acceptors (Lipinski definition) is 2. The van der Waals surface area contributed by atoms with E-state index in [9.17, 15) is 9.90 Å². The normalized spacial score (nSPS) is 28.8. The molecule has 0 aliphatic heterocycles. The van der Waals surface area contributed by atoms with E-state index in [-0.39, 0.29) is 0 Å². The zero-order valence-corrected chi connectivity index (χ0v) is 15.5. The smallest absolute Gasteiger partial charge is 0.344 e. The van der Waals surface area contributed by atoms with Crippen LogP contribution in [-0.2, 0) is 4.79 Å². The van der Waals surface area contributed by atoms with E-state index in [0.717, 1.165) is 23.8 Å². The minimum absolute atomic E-state index is 0.440. The Bertz CT molecular complexity index is 623. The van der Waals surface area contributed by atoms with Gasteiger partial charge in [-0.2, -0.15) is 0 Å². The maximum absolute atomic E-state index is 11.6. The average molecular weight is 351 g/mol. The van der Waals surface area contributed by atoms with Crippen LogP contribution in [0.3, 0.4) is 0 Å². The number of hydrogen-bond donors (Lipinski definition) is 1. The summed E-state index contributed by atoms with van der Waals surface area (Å²) in [6, 6.07) is 5.29. The van der Waals surface area contributed by atoms with Crippen molar-refractivity contribution in [1.82, 2.24) is 0 Å². The van der Waals surface area contributed by atoms with Crippen molar-refractivity contribution in [3.63, 3.8) is 0 Å². The van der Waals surface area contributed by atoms with Gasteiger partial charge >= 0.3 is 5.97 Å². The molecule has 0 saturated heterocycles. The number of ether oxygens (including phenoxy) is 1. The molecule has 1 N–H and O–H groups in total. The molecule has 4 heteroatoms. The summed E-state index contributed by atoms with van der Waals surface area (Å²) in [4.78, 5) is 11.6. The molecule has 0 aromatic heterocycles. The quantitative estimate of drug-likeness (QED) is 0.753. The number of rotatable bonds is 6. The Hall–Kier alpha value is -1.22. The molecular formula is C20H27ClO3. The molecule has 1 aromatic carbocycles. The van der Waals surface area contributed by atoms with Gasteiger partial charge in [0.2, 0.25) is 0 Å². The predicted molar refractivity (Wildman–Crippen MR) is 95.6 cm³/mol. The molecule has 3 aliphatic rings. The third kappa shape index (κ3) is 3.28. The molecule has 132 valence electrons. The van der Waals surface area contributed by atoms with Crippen LogP contribution in [0.15, 0.2) is 18.2 Å². The topological polar surface area (TPSA) is 46.5 Å². The van der Waals surface area contributed by atoms with E-state index >= 15 is 0 Å². The van der Waals surface area contributed by atoms with Crippen LogP contribution in [0.2, 0.25) is 5.02 Å². The van der Waals surface area contributed by atoms with Gasteiger partial charge in [0, 0.05) is 5.02 Å². The fourth-order valence-electron chi connectivity index (χ4n) is 4.80. The fourth-order valence-corrected chi connectivity index (χ4v) is 5.03. The highest BCUT2D eigenvalue weighted by Gasteiger charge is 2.53. The minimum atomic E-state index is -0.883. The van der Waals surface area contributed by atoms with Crippen molar-refractivity contribution in [1.29, 1.82) is 0 Å². The summed E-state index contributed by atoms with van der Waals surface area (Å²) in [5.41, 5.74) is 1.31. The third-order valence-electron chi connectivity index (χ3n) is 6.48. The standard InChI is InChI=1S/C20H27ClO3/c1-12-10-15(21)7-9-17(12)24-18(19(22)23)8-5-13-4-6-14-11-16(13)20(14,2)3/h7,9-10,13-14,16,18H,4-6,8,11H2,1-3H3,(H,22,23). The number of carboxylic acid groups (broad SMARTS) is 1. The van der Waals surface area contributed by atoms with E-state index in [2.05, 4.69) is 13.8 Å². The first-order valence-electron chi connectivity index (χ1n) is 8.94. The summed E-state index contributed by atoms with van der Waals surface area (Å²) in [5.74, 6) is 2.00. The molecule has 3 fully saturated rings. The van der Waals surface area contributed by atoms with Gasteiger partial charge in [-0.1, -0.05) is 25.4 Å². The van der Waals surface area contributed by atoms with E-state index in [1.54, 1.807) is 18.2 Å². The number of aliphatic carboxylic acids is 1. The van der Waals surface area contributed by atoms with Gasteiger partial charge in [-0.15, -0.1) is 0 Å². The summed E-state index contributed by atoms with van der Waals surface area (Å²) in [6.45, 7) is 6.64. The molecule has 2 bridgehead atoms. The van der Waals surface area contributed by atoms with Crippen molar-refractivity contribution in [3.05, 3.63) is 28.8 Å². The Balaban J connectivity index is 1.61. The molecule has 24 heavy (non-hydrogen) atoms. The number of benzene rings is 1. The van der Waals surface area contributed by atoms with E-state index in [1.165, 1.54) is 19.3 Å². The summed E-state index contributed by atoms with van der Waals surface area (Å²) >= 11 is 5.95. The molecule has 3 aliphatic carbocycles.